The predicted molar refractivity (Wildman–Crippen MR) is 93.2 cm³/mol. The standard InChI is InChI=1S/C17H13Cl2NO4/c1-22-14-4-3-11(18)8-13(14)20-16(21)5-2-10-6-12(19)17-15(7-10)23-9-24-17/h2-8H,9H2,1H3,(H,20,21)/b5-2+. The van der Waals surface area contributed by atoms with Crippen LogP contribution in [0.2, 0.25) is 10.0 Å². The summed E-state index contributed by atoms with van der Waals surface area (Å²) in [5, 5.41) is 3.65. The van der Waals surface area contributed by atoms with Crippen LogP contribution >= 0.6 is 23.2 Å². The first-order valence-electron chi connectivity index (χ1n) is 6.98. The molecule has 0 aromatic heterocycles. The highest BCUT2D eigenvalue weighted by molar-refractivity contribution is 6.32. The van der Waals surface area contributed by atoms with Crippen molar-refractivity contribution in [3.05, 3.63) is 52.0 Å². The lowest BCUT2D eigenvalue weighted by molar-refractivity contribution is -0.111. The van der Waals surface area contributed by atoms with E-state index in [9.17, 15) is 4.79 Å². The molecule has 0 bridgehead atoms. The molecule has 1 heterocycles. The molecule has 0 spiro atoms. The Bertz CT molecular complexity index is 820. The van der Waals surface area contributed by atoms with Crippen molar-refractivity contribution >= 4 is 40.9 Å². The minimum Gasteiger partial charge on any atom is -0.495 e. The molecule has 0 atom stereocenters. The molecule has 1 N–H and O–H groups in total. The van der Waals surface area contributed by atoms with Crippen LogP contribution in [0.3, 0.4) is 0 Å². The Kier molecular flexibility index (Phi) is 4.83. The third-order valence-corrected chi connectivity index (χ3v) is 3.81. The van der Waals surface area contributed by atoms with Crippen LogP contribution in [0.5, 0.6) is 17.2 Å². The van der Waals surface area contributed by atoms with E-state index >= 15 is 0 Å². The zero-order valence-electron chi connectivity index (χ0n) is 12.6. The van der Waals surface area contributed by atoms with Gasteiger partial charge in [0, 0.05) is 11.1 Å². The van der Waals surface area contributed by atoms with E-state index in [-0.39, 0.29) is 12.7 Å². The fourth-order valence-corrected chi connectivity index (χ4v) is 2.65. The van der Waals surface area contributed by atoms with Crippen molar-refractivity contribution in [3.8, 4) is 17.2 Å². The number of hydrogen-bond donors (Lipinski definition) is 1. The third-order valence-electron chi connectivity index (χ3n) is 3.30. The van der Waals surface area contributed by atoms with E-state index in [4.69, 9.17) is 37.4 Å². The van der Waals surface area contributed by atoms with Crippen molar-refractivity contribution in [1.82, 2.24) is 0 Å². The average molecular weight is 366 g/mol. The van der Waals surface area contributed by atoms with Crippen molar-refractivity contribution in [2.24, 2.45) is 0 Å². The summed E-state index contributed by atoms with van der Waals surface area (Å²) in [5.74, 6) is 1.26. The molecule has 0 saturated carbocycles. The lowest BCUT2D eigenvalue weighted by atomic mass is 10.2. The number of nitrogens with one attached hydrogen (secondary N) is 1. The Morgan fingerprint density at radius 3 is 2.88 bits per heavy atom. The fourth-order valence-electron chi connectivity index (χ4n) is 2.21. The first-order valence-corrected chi connectivity index (χ1v) is 7.74. The van der Waals surface area contributed by atoms with Gasteiger partial charge < -0.3 is 19.5 Å². The molecule has 0 fully saturated rings. The van der Waals surface area contributed by atoms with Crippen LogP contribution < -0.4 is 19.5 Å². The molecular weight excluding hydrogens is 353 g/mol. The van der Waals surface area contributed by atoms with Gasteiger partial charge in [0.05, 0.1) is 17.8 Å². The van der Waals surface area contributed by atoms with E-state index in [1.807, 2.05) is 0 Å². The number of carbonyl (C=O) groups is 1. The van der Waals surface area contributed by atoms with E-state index in [0.717, 1.165) is 5.56 Å². The molecular formula is C17H13Cl2NO4. The first-order chi connectivity index (χ1) is 11.6. The van der Waals surface area contributed by atoms with Crippen LogP contribution in [0, 0.1) is 0 Å². The van der Waals surface area contributed by atoms with Crippen molar-refractivity contribution < 1.29 is 19.0 Å². The van der Waals surface area contributed by atoms with Crippen LogP contribution in [-0.4, -0.2) is 19.8 Å². The molecule has 3 rings (SSSR count). The van der Waals surface area contributed by atoms with Crippen LogP contribution in [0.15, 0.2) is 36.4 Å². The molecule has 0 radical (unpaired) electrons. The summed E-state index contributed by atoms with van der Waals surface area (Å²) < 4.78 is 15.7. The number of ether oxygens (including phenoxy) is 3. The molecule has 5 nitrogen and oxygen atoms in total. The molecule has 2 aromatic carbocycles. The van der Waals surface area contributed by atoms with Gasteiger partial charge in [0.25, 0.3) is 0 Å². The van der Waals surface area contributed by atoms with Gasteiger partial charge in [-0.05, 0) is 42.0 Å². The summed E-state index contributed by atoms with van der Waals surface area (Å²) in [6.45, 7) is 0.136. The van der Waals surface area contributed by atoms with Crippen LogP contribution in [0.25, 0.3) is 6.08 Å². The van der Waals surface area contributed by atoms with Gasteiger partial charge in [-0.15, -0.1) is 0 Å². The maximum absolute atomic E-state index is 12.1. The van der Waals surface area contributed by atoms with Gasteiger partial charge in [0.1, 0.15) is 5.75 Å². The van der Waals surface area contributed by atoms with E-state index in [0.29, 0.717) is 33.0 Å². The zero-order valence-corrected chi connectivity index (χ0v) is 14.1. The minimum absolute atomic E-state index is 0.136. The number of anilines is 1. The molecule has 1 aliphatic rings. The summed E-state index contributed by atoms with van der Waals surface area (Å²) >= 11 is 12.0. The molecule has 124 valence electrons. The second-order valence-electron chi connectivity index (χ2n) is 4.90. The number of hydrogen-bond acceptors (Lipinski definition) is 4. The SMILES string of the molecule is COc1ccc(Cl)cc1NC(=O)/C=C/c1cc(Cl)c2c(c1)OCO2. The van der Waals surface area contributed by atoms with Crippen LogP contribution in [0.4, 0.5) is 5.69 Å². The fraction of sp³-hybridized carbons (Fsp3) is 0.118. The van der Waals surface area contributed by atoms with E-state index in [2.05, 4.69) is 5.32 Å². The quantitative estimate of drug-likeness (QED) is 0.816. The van der Waals surface area contributed by atoms with Gasteiger partial charge in [0.15, 0.2) is 11.5 Å². The number of rotatable bonds is 4. The number of methoxy groups -OCH3 is 1. The van der Waals surface area contributed by atoms with Crippen LogP contribution in [-0.2, 0) is 4.79 Å². The summed E-state index contributed by atoms with van der Waals surface area (Å²) in [6.07, 6.45) is 3.01. The van der Waals surface area contributed by atoms with E-state index < -0.39 is 0 Å². The second kappa shape index (κ2) is 7.03. The lowest BCUT2D eigenvalue weighted by Gasteiger charge is -2.09. The monoisotopic (exact) mass is 365 g/mol. The van der Waals surface area contributed by atoms with Gasteiger partial charge in [-0.25, -0.2) is 0 Å². The highest BCUT2D eigenvalue weighted by Crippen LogP contribution is 2.40. The number of benzene rings is 2. The summed E-state index contributed by atoms with van der Waals surface area (Å²) in [7, 11) is 1.52. The van der Waals surface area contributed by atoms with Crippen molar-refractivity contribution in [1.29, 1.82) is 0 Å². The molecule has 0 saturated heterocycles. The molecule has 0 unspecified atom stereocenters. The topological polar surface area (TPSA) is 56.8 Å². The largest absolute Gasteiger partial charge is 0.495 e. The average Bonchev–Trinajstić information content (AvgIpc) is 3.02. The summed E-state index contributed by atoms with van der Waals surface area (Å²) in [6, 6.07) is 8.42. The predicted octanol–water partition coefficient (Wildman–Crippen LogP) is 4.38. The maximum atomic E-state index is 12.1. The summed E-state index contributed by atoms with van der Waals surface area (Å²) in [4.78, 5) is 12.1. The van der Waals surface area contributed by atoms with Crippen molar-refractivity contribution in [2.45, 2.75) is 0 Å². The van der Waals surface area contributed by atoms with Gasteiger partial charge in [-0.3, -0.25) is 4.79 Å². The summed E-state index contributed by atoms with van der Waals surface area (Å²) in [5.41, 5.74) is 1.21. The number of amides is 1. The lowest BCUT2D eigenvalue weighted by Crippen LogP contribution is -2.08. The van der Waals surface area contributed by atoms with Gasteiger partial charge in [0.2, 0.25) is 12.7 Å². The molecule has 1 amide bonds. The Labute approximate surface area is 148 Å². The smallest absolute Gasteiger partial charge is 0.248 e. The maximum Gasteiger partial charge on any atom is 0.248 e. The Morgan fingerprint density at radius 2 is 2.08 bits per heavy atom. The highest BCUT2D eigenvalue weighted by atomic mass is 35.5. The first kappa shape index (κ1) is 16.5. The molecule has 1 aliphatic heterocycles. The van der Waals surface area contributed by atoms with Crippen LogP contribution in [0.1, 0.15) is 5.56 Å². The Hall–Kier alpha value is -2.37. The second-order valence-corrected chi connectivity index (χ2v) is 5.75. The third kappa shape index (κ3) is 3.58. The molecule has 24 heavy (non-hydrogen) atoms. The number of fused-ring (bicyclic) bond motifs is 1. The molecule has 2 aromatic rings. The highest BCUT2D eigenvalue weighted by Gasteiger charge is 2.17. The number of carbonyl (C=O) groups excluding carboxylic acids is 1. The Balaban J connectivity index is 1.75. The number of halogens is 2. The normalized spacial score (nSPS) is 12.5. The molecule has 0 aliphatic carbocycles. The van der Waals surface area contributed by atoms with E-state index in [1.54, 1.807) is 36.4 Å². The van der Waals surface area contributed by atoms with Gasteiger partial charge in [-0.1, -0.05) is 23.2 Å². The van der Waals surface area contributed by atoms with E-state index in [1.165, 1.54) is 13.2 Å². The van der Waals surface area contributed by atoms with Crippen molar-refractivity contribution in [3.63, 3.8) is 0 Å². The van der Waals surface area contributed by atoms with Gasteiger partial charge >= 0.3 is 0 Å². The minimum atomic E-state index is -0.329. The molecule has 7 heteroatoms. The Morgan fingerprint density at radius 1 is 1.25 bits per heavy atom. The van der Waals surface area contributed by atoms with Gasteiger partial charge in [-0.2, -0.15) is 0 Å². The zero-order chi connectivity index (χ0) is 17.1. The van der Waals surface area contributed by atoms with Crippen molar-refractivity contribution in [2.75, 3.05) is 19.2 Å².